The highest BCUT2D eigenvalue weighted by atomic mass is 79.9. The van der Waals surface area contributed by atoms with Crippen LogP contribution in [0.25, 0.3) is 11.3 Å². The Morgan fingerprint density at radius 3 is 1.33 bits per heavy atom. The number of likely N-dealkylation sites (tertiary alicyclic amines) is 1. The van der Waals surface area contributed by atoms with E-state index in [0.717, 1.165) is 104 Å². The molecule has 1 amide bonds. The maximum Gasteiger partial charge on any atom is 0.410 e. The summed E-state index contributed by atoms with van der Waals surface area (Å²) in [5.74, 6) is 5.39. The first kappa shape index (κ1) is 86.7. The molecule has 0 radical (unpaired) electrons. The minimum Gasteiger partial charge on any atom is -0.444 e. The van der Waals surface area contributed by atoms with Crippen molar-refractivity contribution < 1.29 is 36.4 Å². The quantitative estimate of drug-likeness (QED) is 0.0267. The first-order valence-electron chi connectivity index (χ1n) is 31.8. The van der Waals surface area contributed by atoms with Crippen molar-refractivity contribution in [1.82, 2.24) is 53.1 Å². The van der Waals surface area contributed by atoms with Gasteiger partial charge in [0.15, 0.2) is 11.3 Å². The zero-order chi connectivity index (χ0) is 73.6. The van der Waals surface area contributed by atoms with Crippen molar-refractivity contribution in [2.45, 2.75) is 206 Å². The molecular formula is C57H100Br2ClN29O8S3. The Bertz CT molecular complexity index is 3440. The number of nitrogens with zero attached hydrogens (tertiary/aromatic N) is 21. The first-order chi connectivity index (χ1) is 46.5. The molecule has 43 heteroatoms. The highest BCUT2D eigenvalue weighted by molar-refractivity contribution is 9.11. The van der Waals surface area contributed by atoms with E-state index in [1.165, 1.54) is 0 Å². The van der Waals surface area contributed by atoms with Gasteiger partial charge in [-0.05, 0) is 262 Å². The van der Waals surface area contributed by atoms with Gasteiger partial charge in [-0.1, -0.05) is 12.6 Å². The molecule has 4 aromatic heterocycles. The molecule has 6 aliphatic heterocycles. The molecule has 9 N–H and O–H groups in total. The highest BCUT2D eigenvalue weighted by Gasteiger charge is 2.53. The molecule has 4 aromatic rings. The van der Waals surface area contributed by atoms with Gasteiger partial charge < -0.3 is 39.9 Å². The number of ether oxygens (including phenoxy) is 4. The first-order valence-corrected chi connectivity index (χ1v) is 37.2. The second-order valence-corrected chi connectivity index (χ2v) is 36.1. The maximum absolute atomic E-state index is 12.7. The van der Waals surface area contributed by atoms with Crippen LogP contribution in [0.4, 0.5) is 10.7 Å². The van der Waals surface area contributed by atoms with Crippen molar-refractivity contribution in [3.63, 3.8) is 0 Å². The molecule has 560 valence electrons. The van der Waals surface area contributed by atoms with Crippen LogP contribution in [0.2, 0.25) is 5.28 Å². The molecule has 6 saturated heterocycles. The van der Waals surface area contributed by atoms with Gasteiger partial charge in [0.2, 0.25) is 11.2 Å². The van der Waals surface area contributed by atoms with Crippen LogP contribution < -0.4 is 30.2 Å². The molecule has 0 saturated carbocycles. The predicted molar refractivity (Wildman–Crippen MR) is 386 cm³/mol. The third-order valence-corrected chi connectivity index (χ3v) is 23.0. The molecule has 9 atom stereocenters. The number of carbonyl (C=O) groups excluding carboxylic acids is 1. The lowest BCUT2D eigenvalue weighted by atomic mass is 9.73. The number of imidazole rings is 2. The highest BCUT2D eigenvalue weighted by Crippen LogP contribution is 2.45. The Labute approximate surface area is 613 Å². The Hall–Kier alpha value is -5.67. The molecule has 0 bridgehead atoms. The number of nitrogens with one attached hydrogen (secondary N) is 7. The number of aromatic nitrogens is 6. The Morgan fingerprint density at radius 1 is 0.590 bits per heavy atom. The van der Waals surface area contributed by atoms with Crippen LogP contribution >= 0.6 is 43.5 Å². The van der Waals surface area contributed by atoms with Gasteiger partial charge in [-0.25, -0.2) is 51.5 Å². The minimum absolute atomic E-state index is 0. The second kappa shape index (κ2) is 39.3. The summed E-state index contributed by atoms with van der Waals surface area (Å²) in [4.78, 5) is 33.4. The fourth-order valence-electron chi connectivity index (χ4n) is 11.5. The number of halogens is 3. The normalized spacial score (nSPS) is 23.6. The van der Waals surface area contributed by atoms with Crippen LogP contribution in [0.1, 0.15) is 150 Å². The van der Waals surface area contributed by atoms with Gasteiger partial charge in [0.25, 0.3) is 0 Å². The van der Waals surface area contributed by atoms with Crippen molar-refractivity contribution in [1.29, 1.82) is 16.6 Å². The van der Waals surface area contributed by atoms with Crippen LogP contribution in [-0.4, -0.2) is 168 Å². The van der Waals surface area contributed by atoms with Crippen LogP contribution in [0.15, 0.2) is 114 Å². The molecule has 3 spiro atoms. The summed E-state index contributed by atoms with van der Waals surface area (Å²) in [6.45, 7) is 37.1. The molecule has 0 aromatic carbocycles. The number of piperidine rings is 3. The minimum atomic E-state index is -1.14. The third-order valence-electron chi connectivity index (χ3n) is 16.9. The van der Waals surface area contributed by atoms with E-state index in [4.69, 9.17) is 47.1 Å². The topological polar surface area (TPSA) is 478 Å². The average molecular weight is 1610 g/mol. The molecule has 100 heavy (non-hydrogen) atoms. The maximum atomic E-state index is 12.7. The molecule has 6 aliphatic rings. The van der Waals surface area contributed by atoms with Crippen LogP contribution in [-0.2, 0) is 51.9 Å². The van der Waals surface area contributed by atoms with E-state index in [1.807, 2.05) is 107 Å². The van der Waals surface area contributed by atoms with Gasteiger partial charge in [0.1, 0.15) is 5.60 Å². The summed E-state index contributed by atoms with van der Waals surface area (Å²) >= 11 is 12.6. The van der Waals surface area contributed by atoms with Crippen molar-refractivity contribution in [2.24, 2.45) is 90.0 Å². The van der Waals surface area contributed by atoms with Crippen molar-refractivity contribution >= 4 is 99.8 Å². The fourth-order valence-corrected chi connectivity index (χ4v) is 15.6. The number of nitrogens with two attached hydrogens (primary N) is 1. The smallest absolute Gasteiger partial charge is 0.410 e. The Balaban J connectivity index is 0.000000270. The third kappa shape index (κ3) is 24.8. The van der Waals surface area contributed by atoms with E-state index in [0.29, 0.717) is 25.0 Å². The number of rotatable bonds is 13. The van der Waals surface area contributed by atoms with Crippen LogP contribution in [0.5, 0.6) is 0 Å². The van der Waals surface area contributed by atoms with E-state index in [1.54, 1.807) is 34.1 Å². The molecule has 10 rings (SSSR count). The molecule has 37 nitrogen and oxygen atoms in total. The number of fused-ring (bicyclic) bond motifs is 2. The largest absolute Gasteiger partial charge is 0.444 e. The van der Waals surface area contributed by atoms with E-state index >= 15 is 0 Å². The van der Waals surface area contributed by atoms with Gasteiger partial charge >= 0.3 is 6.09 Å². The summed E-state index contributed by atoms with van der Waals surface area (Å²) in [6, 6.07) is 0.342. The lowest BCUT2D eigenvalue weighted by Crippen LogP contribution is -2.55. The Kier molecular flexibility index (Phi) is 34.1. The van der Waals surface area contributed by atoms with E-state index in [-0.39, 0.29) is 80.4 Å². The summed E-state index contributed by atoms with van der Waals surface area (Å²) in [6.07, 6.45) is 16.4. The number of hydrogen-bond donors (Lipinski definition) is 8. The molecule has 0 aliphatic carbocycles. The number of amides is 1. The molecule has 10 heterocycles. The van der Waals surface area contributed by atoms with Crippen LogP contribution in [0.3, 0.4) is 0 Å². The second-order valence-electron chi connectivity index (χ2n) is 28.0. The molecule has 6 fully saturated rings. The number of hydrogen-bond acceptors (Lipinski definition) is 18. The van der Waals surface area contributed by atoms with Gasteiger partial charge in [0.05, 0.1) is 112 Å². The average Bonchev–Trinajstić information content (AvgIpc) is 1.58. The SMILES string of the molecule is C.C[C@@H]1OCC2(CCN(C(=O)OC(C)(C)C)CC2)[C@@H]1N[S@](=O)C(C)(C)C.C[C@@H]1OCC2(CCN(c3ncc(Br)c4nccn34)CC2)[C@@H]1N[S@](=O)C(C)(C)C.C[C@@H]1OCC2(CCNCC2)[C@@H]1N[S@](=O)C(C)(C)C.Clc1ncc(Br)c2nccn12.N=N/N=N/N=N/N.N=N/N=N/N=N/N=N/N=N. The van der Waals surface area contributed by atoms with E-state index in [2.05, 4.69) is 164 Å². The van der Waals surface area contributed by atoms with Crippen molar-refractivity contribution in [3.8, 4) is 0 Å². The van der Waals surface area contributed by atoms with Crippen molar-refractivity contribution in [3.05, 3.63) is 51.4 Å². The summed E-state index contributed by atoms with van der Waals surface area (Å²) in [5, 5.41) is 39.2. The predicted octanol–water partition coefficient (Wildman–Crippen LogP) is 12.4. The monoisotopic (exact) mass is 1610 g/mol. The summed E-state index contributed by atoms with van der Waals surface area (Å²) in [5.41, 5.74) is 19.5. The molecular weight excluding hydrogens is 1510 g/mol. The van der Waals surface area contributed by atoms with E-state index < -0.39 is 38.6 Å². The number of anilines is 1. The zero-order valence-electron chi connectivity index (χ0n) is 58.6. The zero-order valence-corrected chi connectivity index (χ0v) is 65.0. The lowest BCUT2D eigenvalue weighted by molar-refractivity contribution is 0.00647. The van der Waals surface area contributed by atoms with E-state index in [9.17, 15) is 17.4 Å². The Morgan fingerprint density at radius 2 is 0.950 bits per heavy atom. The number of carbonyl (C=O) groups is 1. The van der Waals surface area contributed by atoms with Gasteiger partial charge in [-0.2, -0.15) is 16.6 Å². The fraction of sp³-hybridized carbons (Fsp3) is 0.772. The standard InChI is InChI=1S/C19H28BrN5O2S.C18H34N2O4S.C13H26N2O2S.C6H3BrClN3.CH4.H2N10.H3N7/c1-13-15(23-28(26)18(2,3)4)19(12-27-13)5-8-24(9-6-19)17-22-11-14(20)16-21-7-10-25(16)17;1-13-14(19-25(22)17(5,6)7)18(12-23-13)8-10-20(11-9-18)15(21)24-16(2,3)4;1-10-11(15-18(16)12(2,3)4)13(9-17-10)5-7-14-8-6-13;7-4-3-10-6(8)11-2-1-9-5(4)11;;1-3-5-7-9-10-8-6-4-2;1-3-5-7-6-4-2/h7,10-11,13,15,23H,5-6,8-9,12H2,1-4H3;13-14,19H,8-12H2,1-7H3;10-11,14-15H,5-9H2,1-4H3;1-3H;1H4;1-2H;(H3,1,2,5,6)/b;;;;;3-1?,4-2?,7-5+,8-6+,10-9+;/t13-,15+,28+;13-,14+,25+;10-,11+,18+;;;;/m000..../s1. The summed E-state index contributed by atoms with van der Waals surface area (Å²) in [7, 11) is -3.28. The van der Waals surface area contributed by atoms with Gasteiger partial charge in [-0.15, -0.1) is 0 Å². The van der Waals surface area contributed by atoms with Crippen molar-refractivity contribution in [2.75, 3.05) is 64.0 Å². The lowest BCUT2D eigenvalue weighted by Gasteiger charge is -2.43. The van der Waals surface area contributed by atoms with Crippen LogP contribution in [0, 0.1) is 32.8 Å². The van der Waals surface area contributed by atoms with Gasteiger partial charge in [-0.3, -0.25) is 8.80 Å². The summed E-state index contributed by atoms with van der Waals surface area (Å²) < 4.78 is 75.6. The molecule has 0 unspecified atom stereocenters. The van der Waals surface area contributed by atoms with Gasteiger partial charge in [0, 0.05) is 79.6 Å².